The minimum atomic E-state index is -0.252. The fraction of sp³-hybridized carbons (Fsp3) is 0.211. The molecule has 3 aromatic rings. The highest BCUT2D eigenvalue weighted by molar-refractivity contribution is 8.00. The first-order chi connectivity index (χ1) is 11.6. The first-order valence-electron chi connectivity index (χ1n) is 7.88. The second kappa shape index (κ2) is 7.01. The Morgan fingerprint density at radius 1 is 1.12 bits per heavy atom. The number of benzene rings is 2. The third kappa shape index (κ3) is 3.12. The number of hydrogen-bond acceptors (Lipinski definition) is 4. The van der Waals surface area contributed by atoms with Gasteiger partial charge in [0.05, 0.1) is 21.8 Å². The number of hydrogen-bond donors (Lipinski definition) is 0. The summed E-state index contributed by atoms with van der Waals surface area (Å²) in [7, 11) is 0. The van der Waals surface area contributed by atoms with E-state index in [0.717, 1.165) is 5.69 Å². The monoisotopic (exact) mass is 338 g/mol. The zero-order valence-electron chi connectivity index (χ0n) is 13.6. The smallest absolute Gasteiger partial charge is 0.266 e. The Morgan fingerprint density at radius 2 is 1.79 bits per heavy atom. The quantitative estimate of drug-likeness (QED) is 0.524. The number of carbonyl (C=O) groups excluding carboxylic acids is 1. The van der Waals surface area contributed by atoms with Gasteiger partial charge in [0.1, 0.15) is 5.78 Å². The molecule has 0 bridgehead atoms. The Labute approximate surface area is 144 Å². The lowest BCUT2D eigenvalue weighted by Crippen LogP contribution is -2.23. The van der Waals surface area contributed by atoms with E-state index >= 15 is 0 Å². The summed E-state index contributed by atoms with van der Waals surface area (Å²) in [4.78, 5) is 29.6. The zero-order chi connectivity index (χ0) is 17.1. The van der Waals surface area contributed by atoms with E-state index in [-0.39, 0.29) is 16.6 Å². The molecule has 0 amide bonds. The minimum absolute atomic E-state index is 0.120. The van der Waals surface area contributed by atoms with E-state index in [2.05, 4.69) is 4.98 Å². The second-order valence-corrected chi connectivity index (χ2v) is 6.78. The van der Waals surface area contributed by atoms with Crippen molar-refractivity contribution in [2.75, 3.05) is 0 Å². The second-order valence-electron chi connectivity index (χ2n) is 5.47. The summed E-state index contributed by atoms with van der Waals surface area (Å²) in [6.45, 7) is 3.70. The van der Waals surface area contributed by atoms with Gasteiger partial charge in [-0.15, -0.1) is 0 Å². The number of para-hydroxylation sites is 2. The number of nitrogens with zero attached hydrogens (tertiary/aromatic N) is 2. The van der Waals surface area contributed by atoms with Crippen LogP contribution in [0.1, 0.15) is 20.3 Å². The summed E-state index contributed by atoms with van der Waals surface area (Å²) in [6.07, 6.45) is 0.470. The Balaban J connectivity index is 2.22. The molecule has 0 fully saturated rings. The molecule has 0 N–H and O–H groups in total. The molecule has 0 aliphatic carbocycles. The molecule has 122 valence electrons. The fourth-order valence-corrected chi connectivity index (χ4v) is 3.57. The molecule has 0 spiro atoms. The molecule has 24 heavy (non-hydrogen) atoms. The Morgan fingerprint density at radius 3 is 2.50 bits per heavy atom. The van der Waals surface area contributed by atoms with Crippen LogP contribution in [0.4, 0.5) is 0 Å². The van der Waals surface area contributed by atoms with Gasteiger partial charge >= 0.3 is 0 Å². The van der Waals surface area contributed by atoms with Gasteiger partial charge in [-0.3, -0.25) is 14.2 Å². The van der Waals surface area contributed by atoms with Crippen LogP contribution in [0.25, 0.3) is 16.6 Å². The van der Waals surface area contributed by atoms with Crippen LogP contribution in [0, 0.1) is 0 Å². The SMILES string of the molecule is CCC(=O)[C@H](C)Sc1nc2ccccc2c(=O)n1-c1ccccc1. The van der Waals surface area contributed by atoms with Crippen molar-refractivity contribution in [3.05, 3.63) is 65.0 Å². The maximum absolute atomic E-state index is 13.0. The lowest BCUT2D eigenvalue weighted by Gasteiger charge is -2.15. The molecule has 0 aliphatic heterocycles. The largest absolute Gasteiger partial charge is 0.298 e. The summed E-state index contributed by atoms with van der Waals surface area (Å²) in [5.74, 6) is 0.141. The topological polar surface area (TPSA) is 52.0 Å². The molecule has 0 saturated heterocycles. The first-order valence-corrected chi connectivity index (χ1v) is 8.76. The van der Waals surface area contributed by atoms with Gasteiger partial charge in [0, 0.05) is 6.42 Å². The van der Waals surface area contributed by atoms with E-state index in [9.17, 15) is 9.59 Å². The molecule has 3 rings (SSSR count). The molecule has 5 heteroatoms. The van der Waals surface area contributed by atoms with Crippen molar-refractivity contribution in [3.8, 4) is 5.69 Å². The van der Waals surface area contributed by atoms with Gasteiger partial charge in [0.2, 0.25) is 0 Å². The van der Waals surface area contributed by atoms with Crippen molar-refractivity contribution in [1.82, 2.24) is 9.55 Å². The predicted molar refractivity (Wildman–Crippen MR) is 98.0 cm³/mol. The Bertz CT molecular complexity index is 935. The van der Waals surface area contributed by atoms with Crippen molar-refractivity contribution in [2.45, 2.75) is 30.7 Å². The third-order valence-electron chi connectivity index (χ3n) is 3.84. The summed E-state index contributed by atoms with van der Waals surface area (Å²) < 4.78 is 1.59. The number of carbonyl (C=O) groups is 1. The normalized spacial score (nSPS) is 12.2. The number of Topliss-reactive ketones (excluding diaryl/α,β-unsaturated/α-hetero) is 1. The molecule has 0 unspecified atom stereocenters. The van der Waals surface area contributed by atoms with Gasteiger partial charge in [0.25, 0.3) is 5.56 Å². The van der Waals surface area contributed by atoms with Gasteiger partial charge in [-0.2, -0.15) is 0 Å². The van der Waals surface area contributed by atoms with Crippen molar-refractivity contribution >= 4 is 28.4 Å². The Hall–Kier alpha value is -2.40. The van der Waals surface area contributed by atoms with Gasteiger partial charge in [-0.25, -0.2) is 4.98 Å². The number of fused-ring (bicyclic) bond motifs is 1. The molecule has 0 aliphatic rings. The van der Waals surface area contributed by atoms with Crippen molar-refractivity contribution in [1.29, 1.82) is 0 Å². The highest BCUT2D eigenvalue weighted by Crippen LogP contribution is 2.25. The number of aromatic nitrogens is 2. The van der Waals surface area contributed by atoms with Crippen LogP contribution in [0.2, 0.25) is 0 Å². The van der Waals surface area contributed by atoms with Crippen LogP contribution in [0.3, 0.4) is 0 Å². The molecule has 0 saturated carbocycles. The highest BCUT2D eigenvalue weighted by Gasteiger charge is 2.18. The van der Waals surface area contributed by atoms with E-state index in [1.165, 1.54) is 11.8 Å². The molecule has 1 atom stereocenters. The standard InChI is InChI=1S/C19H18N2O2S/c1-3-17(22)13(2)24-19-20-16-12-8-7-11-15(16)18(23)21(19)14-9-5-4-6-10-14/h4-13H,3H2,1-2H3/t13-/m0/s1. The predicted octanol–water partition coefficient (Wildman–Crippen LogP) is 3.85. The molecule has 0 radical (unpaired) electrons. The van der Waals surface area contributed by atoms with E-state index in [1.54, 1.807) is 10.6 Å². The number of ketones is 1. The van der Waals surface area contributed by atoms with Gasteiger partial charge in [-0.1, -0.05) is 49.0 Å². The van der Waals surface area contributed by atoms with Gasteiger partial charge in [-0.05, 0) is 31.2 Å². The average molecular weight is 338 g/mol. The highest BCUT2D eigenvalue weighted by atomic mass is 32.2. The maximum Gasteiger partial charge on any atom is 0.266 e. The van der Waals surface area contributed by atoms with E-state index in [4.69, 9.17) is 0 Å². The van der Waals surface area contributed by atoms with Crippen LogP contribution in [-0.2, 0) is 4.79 Å². The lowest BCUT2D eigenvalue weighted by molar-refractivity contribution is -0.118. The molecular weight excluding hydrogens is 320 g/mol. The zero-order valence-corrected chi connectivity index (χ0v) is 14.4. The lowest BCUT2D eigenvalue weighted by atomic mass is 10.2. The third-order valence-corrected chi connectivity index (χ3v) is 4.94. The van der Waals surface area contributed by atoms with Crippen LogP contribution >= 0.6 is 11.8 Å². The number of thioether (sulfide) groups is 1. The van der Waals surface area contributed by atoms with Crippen molar-refractivity contribution < 1.29 is 4.79 Å². The van der Waals surface area contributed by atoms with Crippen LogP contribution < -0.4 is 5.56 Å². The molecule has 1 aromatic heterocycles. The summed E-state index contributed by atoms with van der Waals surface area (Å²) >= 11 is 1.33. The fourth-order valence-electron chi connectivity index (χ4n) is 2.51. The van der Waals surface area contributed by atoms with Gasteiger partial charge < -0.3 is 0 Å². The number of rotatable bonds is 5. The summed E-state index contributed by atoms with van der Waals surface area (Å²) in [5.41, 5.74) is 1.28. The average Bonchev–Trinajstić information content (AvgIpc) is 2.62. The van der Waals surface area contributed by atoms with E-state index < -0.39 is 0 Å². The van der Waals surface area contributed by atoms with Crippen LogP contribution in [0.5, 0.6) is 0 Å². The Kier molecular flexibility index (Phi) is 4.81. The van der Waals surface area contributed by atoms with Gasteiger partial charge in [0.15, 0.2) is 5.16 Å². The first kappa shape index (κ1) is 16.5. The molecule has 4 nitrogen and oxygen atoms in total. The van der Waals surface area contributed by atoms with E-state index in [1.807, 2.05) is 62.4 Å². The molecule has 2 aromatic carbocycles. The summed E-state index contributed by atoms with van der Waals surface area (Å²) in [5, 5.41) is 0.859. The van der Waals surface area contributed by atoms with Crippen molar-refractivity contribution in [2.24, 2.45) is 0 Å². The van der Waals surface area contributed by atoms with Crippen molar-refractivity contribution in [3.63, 3.8) is 0 Å². The molecular formula is C19H18N2O2S. The minimum Gasteiger partial charge on any atom is -0.298 e. The molecule has 1 heterocycles. The maximum atomic E-state index is 13.0. The van der Waals surface area contributed by atoms with Crippen LogP contribution in [-0.4, -0.2) is 20.6 Å². The van der Waals surface area contributed by atoms with E-state index in [0.29, 0.717) is 22.5 Å². The van der Waals surface area contributed by atoms with Crippen LogP contribution in [0.15, 0.2) is 64.5 Å². The summed E-state index contributed by atoms with van der Waals surface area (Å²) in [6, 6.07) is 16.7.